The molecule has 0 aromatic carbocycles. The van der Waals surface area contributed by atoms with Crippen molar-refractivity contribution in [3.8, 4) is 0 Å². The number of hydrogen-bond acceptors (Lipinski definition) is 6. The van der Waals surface area contributed by atoms with Gasteiger partial charge in [-0.1, -0.05) is 11.8 Å². The Kier molecular flexibility index (Phi) is 6.19. The molecule has 0 bridgehead atoms. The molecule has 1 aromatic heterocycles. The second-order valence-electron chi connectivity index (χ2n) is 3.78. The fourth-order valence-corrected chi connectivity index (χ4v) is 2.30. The van der Waals surface area contributed by atoms with Crippen molar-refractivity contribution in [1.82, 2.24) is 15.3 Å². The number of carboxylic acids is 1. The van der Waals surface area contributed by atoms with Crippen LogP contribution in [0.1, 0.15) is 16.1 Å². The lowest BCUT2D eigenvalue weighted by Crippen LogP contribution is -2.28. The Hall–Kier alpha value is -1.87. The summed E-state index contributed by atoms with van der Waals surface area (Å²) in [6.07, 6.45) is 0. The topological polar surface area (TPSA) is 121 Å². The minimum absolute atomic E-state index is 0.0279. The minimum atomic E-state index is -1.20. The minimum Gasteiger partial charge on any atom is -0.478 e. The molecule has 20 heavy (non-hydrogen) atoms. The van der Waals surface area contributed by atoms with Crippen LogP contribution in [0.3, 0.4) is 0 Å². The van der Waals surface area contributed by atoms with E-state index in [0.29, 0.717) is 13.2 Å². The van der Waals surface area contributed by atoms with Crippen molar-refractivity contribution in [3.05, 3.63) is 21.7 Å². The van der Waals surface area contributed by atoms with Crippen LogP contribution in [-0.2, 0) is 9.53 Å². The lowest BCUT2D eigenvalue weighted by molar-refractivity contribution is -0.118. The molecule has 1 aromatic rings. The molecule has 0 unspecified atom stereocenters. The van der Waals surface area contributed by atoms with Gasteiger partial charge in [0.15, 0.2) is 0 Å². The van der Waals surface area contributed by atoms with Gasteiger partial charge in [-0.25, -0.2) is 9.59 Å². The molecule has 110 valence electrons. The van der Waals surface area contributed by atoms with Crippen molar-refractivity contribution in [2.24, 2.45) is 0 Å². The molecule has 0 aliphatic carbocycles. The number of carbonyl (C=O) groups is 2. The summed E-state index contributed by atoms with van der Waals surface area (Å²) in [5.74, 6) is -1.52. The molecule has 1 rings (SSSR count). The van der Waals surface area contributed by atoms with E-state index in [9.17, 15) is 14.4 Å². The molecular formula is C11H15N3O5S. The average molecular weight is 301 g/mol. The van der Waals surface area contributed by atoms with E-state index in [1.807, 2.05) is 0 Å². The first-order valence-corrected chi connectivity index (χ1v) is 6.67. The number of amides is 1. The summed E-state index contributed by atoms with van der Waals surface area (Å²) >= 11 is 0.905. The number of rotatable bonds is 7. The largest absolute Gasteiger partial charge is 0.478 e. The second kappa shape index (κ2) is 7.65. The molecule has 0 saturated heterocycles. The molecule has 0 saturated carbocycles. The average Bonchev–Trinajstić information content (AvgIpc) is 2.35. The summed E-state index contributed by atoms with van der Waals surface area (Å²) in [6.45, 7) is 2.22. The van der Waals surface area contributed by atoms with Crippen LogP contribution in [0, 0.1) is 6.92 Å². The molecule has 1 amide bonds. The maximum Gasteiger partial charge on any atom is 0.346 e. The van der Waals surface area contributed by atoms with Crippen molar-refractivity contribution in [2.75, 3.05) is 26.0 Å². The van der Waals surface area contributed by atoms with Crippen molar-refractivity contribution in [2.45, 2.75) is 11.9 Å². The number of hydrogen-bond donors (Lipinski definition) is 3. The zero-order chi connectivity index (χ0) is 15.1. The number of thioether (sulfide) groups is 1. The number of nitrogens with one attached hydrogen (secondary N) is 2. The molecule has 0 spiro atoms. The number of carboxylic acid groups (broad SMARTS) is 1. The van der Waals surface area contributed by atoms with Crippen LogP contribution < -0.4 is 11.0 Å². The van der Waals surface area contributed by atoms with E-state index in [4.69, 9.17) is 9.84 Å². The van der Waals surface area contributed by atoms with Gasteiger partial charge in [0.2, 0.25) is 5.91 Å². The maximum atomic E-state index is 11.5. The van der Waals surface area contributed by atoms with Crippen molar-refractivity contribution >= 4 is 23.6 Å². The predicted molar refractivity (Wildman–Crippen MR) is 72.2 cm³/mol. The van der Waals surface area contributed by atoms with Crippen LogP contribution in [0.4, 0.5) is 0 Å². The highest BCUT2D eigenvalue weighted by molar-refractivity contribution is 8.00. The number of aromatic amines is 1. The van der Waals surface area contributed by atoms with Crippen molar-refractivity contribution < 1.29 is 19.4 Å². The van der Waals surface area contributed by atoms with Crippen LogP contribution in [0.2, 0.25) is 0 Å². The Morgan fingerprint density at radius 3 is 2.80 bits per heavy atom. The number of ether oxygens (including phenoxy) is 1. The smallest absolute Gasteiger partial charge is 0.346 e. The third-order valence-electron chi connectivity index (χ3n) is 2.27. The van der Waals surface area contributed by atoms with E-state index in [-0.39, 0.29) is 27.9 Å². The Labute approximate surface area is 118 Å². The highest BCUT2D eigenvalue weighted by atomic mass is 32.2. The number of nitrogens with zero attached hydrogens (tertiary/aromatic N) is 1. The summed E-state index contributed by atoms with van der Waals surface area (Å²) in [6, 6.07) is 0. The van der Waals surface area contributed by atoms with E-state index < -0.39 is 11.7 Å². The summed E-state index contributed by atoms with van der Waals surface area (Å²) < 4.78 is 4.78. The first kappa shape index (κ1) is 16.2. The number of carbonyl (C=O) groups excluding carboxylic acids is 1. The zero-order valence-corrected chi connectivity index (χ0v) is 11.9. The molecule has 9 heteroatoms. The number of methoxy groups -OCH3 is 1. The van der Waals surface area contributed by atoms with Gasteiger partial charge in [-0.3, -0.25) is 4.79 Å². The molecule has 0 fully saturated rings. The highest BCUT2D eigenvalue weighted by Crippen LogP contribution is 2.20. The first-order chi connectivity index (χ1) is 9.45. The molecule has 8 nitrogen and oxygen atoms in total. The fraction of sp³-hybridized carbons (Fsp3) is 0.455. The maximum absolute atomic E-state index is 11.5. The normalized spacial score (nSPS) is 10.3. The van der Waals surface area contributed by atoms with E-state index in [1.54, 1.807) is 0 Å². The van der Waals surface area contributed by atoms with Crippen LogP contribution in [0.25, 0.3) is 0 Å². The number of H-pyrrole nitrogens is 1. The molecule has 0 aliphatic rings. The Bertz CT molecular complexity index is 557. The zero-order valence-electron chi connectivity index (χ0n) is 11.1. The number of aryl methyl sites for hydroxylation is 1. The van der Waals surface area contributed by atoms with Crippen molar-refractivity contribution in [3.63, 3.8) is 0 Å². The molecule has 0 aliphatic heterocycles. The monoisotopic (exact) mass is 301 g/mol. The first-order valence-electron chi connectivity index (χ1n) is 5.68. The van der Waals surface area contributed by atoms with Crippen LogP contribution >= 0.6 is 11.8 Å². The van der Waals surface area contributed by atoms with Gasteiger partial charge in [0.1, 0.15) is 10.6 Å². The summed E-state index contributed by atoms with van der Waals surface area (Å²) in [4.78, 5) is 39.8. The number of aromatic carboxylic acids is 1. The quantitative estimate of drug-likeness (QED) is 0.357. The lowest BCUT2D eigenvalue weighted by atomic mass is 10.2. The van der Waals surface area contributed by atoms with Gasteiger partial charge >= 0.3 is 11.7 Å². The molecule has 0 atom stereocenters. The van der Waals surface area contributed by atoms with E-state index in [1.165, 1.54) is 14.0 Å². The second-order valence-corrected chi connectivity index (χ2v) is 4.75. The Morgan fingerprint density at radius 1 is 1.50 bits per heavy atom. The summed E-state index contributed by atoms with van der Waals surface area (Å²) in [7, 11) is 1.52. The van der Waals surface area contributed by atoms with Gasteiger partial charge in [0.05, 0.1) is 12.4 Å². The molecule has 0 radical (unpaired) electrons. The Balaban J connectivity index is 2.75. The van der Waals surface area contributed by atoms with Crippen molar-refractivity contribution in [1.29, 1.82) is 0 Å². The SMILES string of the molecule is COCCNC(=O)CSc1nc(=O)[nH]c(C)c1C(=O)O. The third kappa shape index (κ3) is 4.67. The molecule has 3 N–H and O–H groups in total. The van der Waals surface area contributed by atoms with Crippen LogP contribution in [0.5, 0.6) is 0 Å². The fourth-order valence-electron chi connectivity index (χ4n) is 1.39. The van der Waals surface area contributed by atoms with Gasteiger partial charge in [0, 0.05) is 19.3 Å². The van der Waals surface area contributed by atoms with E-state index >= 15 is 0 Å². The highest BCUT2D eigenvalue weighted by Gasteiger charge is 2.17. The van der Waals surface area contributed by atoms with Gasteiger partial charge in [-0.15, -0.1) is 0 Å². The van der Waals surface area contributed by atoms with Gasteiger partial charge in [-0.2, -0.15) is 4.98 Å². The standard InChI is InChI=1S/C11H15N3O5S/c1-6-8(10(16)17)9(14-11(18)13-6)20-5-7(15)12-3-4-19-2/h3-5H2,1-2H3,(H,12,15)(H,16,17)(H,13,14,18). The molecular weight excluding hydrogens is 286 g/mol. The van der Waals surface area contributed by atoms with Gasteiger partial charge in [-0.05, 0) is 6.92 Å². The summed E-state index contributed by atoms with van der Waals surface area (Å²) in [5.41, 5.74) is -0.533. The van der Waals surface area contributed by atoms with E-state index in [0.717, 1.165) is 11.8 Å². The number of aromatic nitrogens is 2. The van der Waals surface area contributed by atoms with E-state index in [2.05, 4.69) is 15.3 Å². The summed E-state index contributed by atoms with van der Waals surface area (Å²) in [5, 5.41) is 11.7. The van der Waals surface area contributed by atoms with Gasteiger partial charge in [0.25, 0.3) is 0 Å². The van der Waals surface area contributed by atoms with Crippen LogP contribution in [0.15, 0.2) is 9.82 Å². The predicted octanol–water partition coefficient (Wildman–Crippen LogP) is -0.369. The van der Waals surface area contributed by atoms with Crippen LogP contribution in [-0.4, -0.2) is 53.0 Å². The third-order valence-corrected chi connectivity index (χ3v) is 3.24. The molecule has 1 heterocycles. The Morgan fingerprint density at radius 2 is 2.20 bits per heavy atom. The lowest BCUT2D eigenvalue weighted by Gasteiger charge is -2.07. The van der Waals surface area contributed by atoms with Gasteiger partial charge < -0.3 is 20.1 Å².